The van der Waals surface area contributed by atoms with Crippen molar-refractivity contribution in [2.24, 2.45) is 0 Å². The van der Waals surface area contributed by atoms with Gasteiger partial charge in [-0.05, 0) is 13.0 Å². The van der Waals surface area contributed by atoms with E-state index in [1.165, 1.54) is 0 Å². The third kappa shape index (κ3) is 5.22. The number of ether oxygens (including phenoxy) is 1. The van der Waals surface area contributed by atoms with Crippen LogP contribution in [0.3, 0.4) is 0 Å². The molecule has 17 heavy (non-hydrogen) atoms. The van der Waals surface area contributed by atoms with Crippen LogP contribution in [0.1, 0.15) is 21.9 Å². The third-order valence-corrected chi connectivity index (χ3v) is 2.93. The first-order valence-electron chi connectivity index (χ1n) is 5.19. The lowest BCUT2D eigenvalue weighted by atomic mass is 10.2. The monoisotopic (exact) mass is 260 g/mol. The zero-order valence-electron chi connectivity index (χ0n) is 9.55. The molecule has 0 bridgehead atoms. The number of aliphatic hydroxyl groups excluding tert-OH is 1. The molecule has 7 heteroatoms. The number of carboxylic acids is 1. The average molecular weight is 260 g/mol. The highest BCUT2D eigenvalue weighted by Crippen LogP contribution is 2.09. The summed E-state index contributed by atoms with van der Waals surface area (Å²) in [5.74, 6) is -1.00. The molecule has 0 aliphatic heterocycles. The van der Waals surface area contributed by atoms with E-state index in [9.17, 15) is 9.90 Å². The van der Waals surface area contributed by atoms with Crippen LogP contribution in [-0.2, 0) is 11.3 Å². The highest BCUT2D eigenvalue weighted by atomic mass is 32.1. The predicted octanol–water partition coefficient (Wildman–Crippen LogP) is 0.328. The molecular formula is C10H16N2O4S. The number of hydrogen-bond acceptors (Lipinski definition) is 6. The lowest BCUT2D eigenvalue weighted by Gasteiger charge is -2.09. The molecule has 0 saturated heterocycles. The molecule has 0 aromatic carbocycles. The summed E-state index contributed by atoms with van der Waals surface area (Å²) in [6, 6.07) is 0. The summed E-state index contributed by atoms with van der Waals surface area (Å²) in [4.78, 5) is 14.5. The Bertz CT molecular complexity index is 356. The summed E-state index contributed by atoms with van der Waals surface area (Å²) in [7, 11) is 1.54. The Morgan fingerprint density at radius 2 is 2.47 bits per heavy atom. The molecule has 1 rings (SSSR count). The summed E-state index contributed by atoms with van der Waals surface area (Å²) in [5, 5.41) is 22.9. The molecule has 6 nitrogen and oxygen atoms in total. The number of nitrogens with one attached hydrogen (secondary N) is 1. The van der Waals surface area contributed by atoms with Crippen LogP contribution in [0.5, 0.6) is 0 Å². The molecule has 0 saturated carbocycles. The zero-order valence-corrected chi connectivity index (χ0v) is 10.4. The number of aromatic carboxylic acids is 1. The van der Waals surface area contributed by atoms with E-state index in [2.05, 4.69) is 10.3 Å². The van der Waals surface area contributed by atoms with E-state index in [1.54, 1.807) is 12.5 Å². The van der Waals surface area contributed by atoms with Crippen LogP contribution < -0.4 is 5.32 Å². The normalized spacial score (nSPS) is 12.6. The number of methoxy groups -OCH3 is 1. The lowest BCUT2D eigenvalue weighted by molar-refractivity contribution is 0.0594. The highest BCUT2D eigenvalue weighted by Gasteiger charge is 2.08. The van der Waals surface area contributed by atoms with Gasteiger partial charge in [-0.2, -0.15) is 0 Å². The van der Waals surface area contributed by atoms with E-state index in [1.807, 2.05) is 0 Å². The Morgan fingerprint density at radius 3 is 3.06 bits per heavy atom. The van der Waals surface area contributed by atoms with E-state index < -0.39 is 12.1 Å². The van der Waals surface area contributed by atoms with Gasteiger partial charge in [-0.1, -0.05) is 0 Å². The Balaban J connectivity index is 2.19. The number of hydrogen-bond donors (Lipinski definition) is 3. The number of rotatable bonds is 8. The number of nitrogens with zero attached hydrogens (tertiary/aromatic N) is 1. The Kier molecular flexibility index (Phi) is 6.06. The van der Waals surface area contributed by atoms with Crippen molar-refractivity contribution in [1.29, 1.82) is 0 Å². The van der Waals surface area contributed by atoms with E-state index in [0.717, 1.165) is 11.3 Å². The molecule has 3 N–H and O–H groups in total. The molecule has 0 fully saturated rings. The van der Waals surface area contributed by atoms with E-state index in [-0.39, 0.29) is 5.01 Å². The van der Waals surface area contributed by atoms with Crippen LogP contribution in [0.15, 0.2) is 5.38 Å². The van der Waals surface area contributed by atoms with E-state index in [4.69, 9.17) is 9.84 Å². The van der Waals surface area contributed by atoms with Gasteiger partial charge in [0, 0.05) is 19.0 Å². The second kappa shape index (κ2) is 7.33. The Morgan fingerprint density at radius 1 is 1.71 bits per heavy atom. The molecule has 0 radical (unpaired) electrons. The predicted molar refractivity (Wildman–Crippen MR) is 63.3 cm³/mol. The van der Waals surface area contributed by atoms with Crippen LogP contribution in [0.4, 0.5) is 0 Å². The van der Waals surface area contributed by atoms with Crippen molar-refractivity contribution in [3.05, 3.63) is 16.1 Å². The molecule has 0 aliphatic rings. The van der Waals surface area contributed by atoms with Gasteiger partial charge in [-0.25, -0.2) is 9.78 Å². The van der Waals surface area contributed by atoms with Crippen molar-refractivity contribution in [3.8, 4) is 0 Å². The highest BCUT2D eigenvalue weighted by molar-refractivity contribution is 7.11. The maximum Gasteiger partial charge on any atom is 0.365 e. The number of carboxylic acid groups (broad SMARTS) is 1. The van der Waals surface area contributed by atoms with Crippen LogP contribution in [0.25, 0.3) is 0 Å². The fourth-order valence-corrected chi connectivity index (χ4v) is 1.90. The molecule has 1 aromatic rings. The first-order chi connectivity index (χ1) is 8.13. The SMILES string of the molecule is COCC(O)CCNCc1csc(C(=O)O)n1. The molecular weight excluding hydrogens is 244 g/mol. The quantitative estimate of drug-likeness (QED) is 0.583. The van der Waals surface area contributed by atoms with Gasteiger partial charge in [0.25, 0.3) is 0 Å². The fourth-order valence-electron chi connectivity index (χ4n) is 1.25. The van der Waals surface area contributed by atoms with Crippen LogP contribution in [-0.4, -0.2) is 47.5 Å². The van der Waals surface area contributed by atoms with Gasteiger partial charge in [0.15, 0.2) is 0 Å². The smallest absolute Gasteiger partial charge is 0.365 e. The molecule has 0 aliphatic carbocycles. The van der Waals surface area contributed by atoms with Crippen molar-refractivity contribution in [2.45, 2.75) is 19.1 Å². The van der Waals surface area contributed by atoms with Crippen LogP contribution in [0.2, 0.25) is 0 Å². The molecule has 1 unspecified atom stereocenters. The molecule has 96 valence electrons. The van der Waals surface area contributed by atoms with Gasteiger partial charge in [-0.15, -0.1) is 11.3 Å². The molecule has 0 amide bonds. The molecule has 1 heterocycles. The summed E-state index contributed by atoms with van der Waals surface area (Å²) in [5.41, 5.74) is 0.702. The summed E-state index contributed by atoms with van der Waals surface area (Å²) in [6.07, 6.45) is 0.113. The minimum Gasteiger partial charge on any atom is -0.476 e. The fraction of sp³-hybridized carbons (Fsp3) is 0.600. The molecule has 1 aromatic heterocycles. The van der Waals surface area contributed by atoms with Crippen molar-refractivity contribution >= 4 is 17.3 Å². The second-order valence-corrected chi connectivity index (χ2v) is 4.38. The number of carbonyl (C=O) groups is 1. The van der Waals surface area contributed by atoms with Gasteiger partial charge in [-0.3, -0.25) is 0 Å². The van der Waals surface area contributed by atoms with Crippen molar-refractivity contribution in [2.75, 3.05) is 20.3 Å². The minimum atomic E-state index is -1.00. The van der Waals surface area contributed by atoms with Crippen LogP contribution in [0, 0.1) is 0 Å². The van der Waals surface area contributed by atoms with Gasteiger partial charge in [0.2, 0.25) is 5.01 Å². The summed E-state index contributed by atoms with van der Waals surface area (Å²) < 4.78 is 4.79. The van der Waals surface area contributed by atoms with Gasteiger partial charge >= 0.3 is 5.97 Å². The van der Waals surface area contributed by atoms with Gasteiger partial charge in [0.05, 0.1) is 18.4 Å². The number of aromatic nitrogens is 1. The molecule has 1 atom stereocenters. The first kappa shape index (κ1) is 14.0. The maximum atomic E-state index is 10.6. The number of aliphatic hydroxyl groups is 1. The summed E-state index contributed by atoms with van der Waals surface area (Å²) >= 11 is 1.11. The minimum absolute atomic E-state index is 0.0983. The standard InChI is InChI=1S/C10H16N2O4S/c1-16-5-8(13)2-3-11-4-7-6-17-9(12-7)10(14)15/h6,8,11,13H,2-5H2,1H3,(H,14,15). The van der Waals surface area contributed by atoms with E-state index >= 15 is 0 Å². The maximum absolute atomic E-state index is 10.6. The largest absolute Gasteiger partial charge is 0.476 e. The second-order valence-electron chi connectivity index (χ2n) is 3.52. The average Bonchev–Trinajstić information content (AvgIpc) is 2.73. The van der Waals surface area contributed by atoms with Crippen molar-refractivity contribution < 1.29 is 19.7 Å². The van der Waals surface area contributed by atoms with Crippen molar-refractivity contribution in [3.63, 3.8) is 0 Å². The van der Waals surface area contributed by atoms with Crippen LogP contribution >= 0.6 is 11.3 Å². The Labute approximate surface area is 103 Å². The first-order valence-corrected chi connectivity index (χ1v) is 6.07. The molecule has 0 spiro atoms. The lowest BCUT2D eigenvalue weighted by Crippen LogP contribution is -2.23. The van der Waals surface area contributed by atoms with Crippen molar-refractivity contribution in [1.82, 2.24) is 10.3 Å². The van der Waals surface area contributed by atoms with Gasteiger partial charge in [0.1, 0.15) is 0 Å². The Hall–Kier alpha value is -1.02. The van der Waals surface area contributed by atoms with Gasteiger partial charge < -0.3 is 20.3 Å². The number of thiazole rings is 1. The zero-order chi connectivity index (χ0) is 12.7. The van der Waals surface area contributed by atoms with E-state index in [0.29, 0.717) is 31.8 Å². The third-order valence-electron chi connectivity index (χ3n) is 2.05. The topological polar surface area (TPSA) is 91.7 Å². The summed E-state index contributed by atoms with van der Waals surface area (Å²) in [6.45, 7) is 1.45.